The third-order valence-electron chi connectivity index (χ3n) is 2.14. The molecule has 2 N–H and O–H groups in total. The van der Waals surface area contributed by atoms with Crippen molar-refractivity contribution in [2.45, 2.75) is 24.9 Å². The minimum Gasteiger partial charge on any atom is -0.395 e. The highest BCUT2D eigenvalue weighted by atomic mass is 32.2. The Hall–Kier alpha value is -0.580. The highest BCUT2D eigenvalue weighted by Gasteiger charge is 2.06. The number of aliphatic hydroxyl groups is 1. The van der Waals surface area contributed by atoms with Crippen LogP contribution in [-0.2, 0) is 0 Å². The molecule has 0 saturated carbocycles. The molecule has 4 heteroatoms. The fourth-order valence-electron chi connectivity index (χ4n) is 1.29. The molecular formula is C11H18N2OS. The van der Waals surface area contributed by atoms with Crippen LogP contribution < -0.4 is 5.32 Å². The molecule has 0 saturated heterocycles. The fourth-order valence-corrected chi connectivity index (χ4v) is 2.41. The molecule has 1 unspecified atom stereocenters. The molecular weight excluding hydrogens is 208 g/mol. The summed E-state index contributed by atoms with van der Waals surface area (Å²) in [7, 11) is 1.86. The van der Waals surface area contributed by atoms with Gasteiger partial charge in [-0.2, -0.15) is 0 Å². The molecule has 0 aliphatic rings. The predicted molar refractivity (Wildman–Crippen MR) is 64.4 cm³/mol. The third kappa shape index (κ3) is 4.20. The van der Waals surface area contributed by atoms with Crippen molar-refractivity contribution in [2.24, 2.45) is 0 Å². The van der Waals surface area contributed by atoms with Crippen molar-refractivity contribution in [3.63, 3.8) is 0 Å². The second-order valence-corrected chi connectivity index (χ2v) is 4.64. The van der Waals surface area contributed by atoms with E-state index in [-0.39, 0.29) is 12.6 Å². The van der Waals surface area contributed by atoms with E-state index in [0.29, 0.717) is 0 Å². The van der Waals surface area contributed by atoms with E-state index in [4.69, 9.17) is 5.11 Å². The second-order valence-electron chi connectivity index (χ2n) is 3.60. The van der Waals surface area contributed by atoms with Gasteiger partial charge in [0, 0.05) is 17.5 Å². The number of nitrogens with one attached hydrogen (secondary N) is 1. The summed E-state index contributed by atoms with van der Waals surface area (Å²) < 4.78 is 0. The van der Waals surface area contributed by atoms with Gasteiger partial charge >= 0.3 is 0 Å². The molecule has 1 aromatic rings. The zero-order valence-electron chi connectivity index (χ0n) is 9.45. The zero-order chi connectivity index (χ0) is 11.3. The normalized spacial score (nSPS) is 12.8. The summed E-state index contributed by atoms with van der Waals surface area (Å²) in [6.45, 7) is 4.23. The van der Waals surface area contributed by atoms with E-state index in [1.54, 1.807) is 11.8 Å². The van der Waals surface area contributed by atoms with Gasteiger partial charge in [0.15, 0.2) is 0 Å². The number of likely N-dealkylation sites (N-methyl/N-ethyl adjacent to an activating group) is 1. The maximum Gasteiger partial charge on any atom is 0.0966 e. The Kier molecular flexibility index (Phi) is 5.08. The molecule has 1 aromatic heterocycles. The lowest BCUT2D eigenvalue weighted by Gasteiger charge is -2.12. The second kappa shape index (κ2) is 6.10. The van der Waals surface area contributed by atoms with E-state index >= 15 is 0 Å². The van der Waals surface area contributed by atoms with Crippen LogP contribution in [-0.4, -0.2) is 35.5 Å². The molecule has 1 heterocycles. The summed E-state index contributed by atoms with van der Waals surface area (Å²) >= 11 is 1.67. The third-order valence-corrected chi connectivity index (χ3v) is 3.21. The Balaban J connectivity index is 2.57. The molecule has 0 radical (unpaired) electrons. The van der Waals surface area contributed by atoms with E-state index in [0.717, 1.165) is 16.5 Å². The summed E-state index contributed by atoms with van der Waals surface area (Å²) in [6, 6.07) is 4.27. The molecule has 0 aromatic carbocycles. The number of hydrogen-bond acceptors (Lipinski definition) is 4. The highest BCUT2D eigenvalue weighted by molar-refractivity contribution is 7.99. The smallest absolute Gasteiger partial charge is 0.0966 e. The number of rotatable bonds is 5. The van der Waals surface area contributed by atoms with E-state index in [9.17, 15) is 0 Å². The largest absolute Gasteiger partial charge is 0.395 e. The van der Waals surface area contributed by atoms with Gasteiger partial charge in [-0.15, -0.1) is 11.8 Å². The Labute approximate surface area is 95.3 Å². The first-order chi connectivity index (χ1) is 7.15. The quantitative estimate of drug-likeness (QED) is 0.744. The van der Waals surface area contributed by atoms with Gasteiger partial charge in [0.1, 0.15) is 0 Å². The molecule has 0 aliphatic carbocycles. The lowest BCUT2D eigenvalue weighted by molar-refractivity contribution is 0.260. The van der Waals surface area contributed by atoms with Gasteiger partial charge in [-0.05, 0) is 38.6 Å². The van der Waals surface area contributed by atoms with Gasteiger partial charge in [-0.25, -0.2) is 4.98 Å². The number of thioether (sulfide) groups is 1. The summed E-state index contributed by atoms with van der Waals surface area (Å²) in [4.78, 5) is 4.43. The summed E-state index contributed by atoms with van der Waals surface area (Å²) in [6.07, 6.45) is 0. The molecule has 0 spiro atoms. The van der Waals surface area contributed by atoms with E-state index in [2.05, 4.69) is 29.4 Å². The van der Waals surface area contributed by atoms with Crippen LogP contribution >= 0.6 is 11.8 Å². The van der Waals surface area contributed by atoms with Crippen LogP contribution in [0.3, 0.4) is 0 Å². The molecule has 84 valence electrons. The number of hydrogen-bond donors (Lipinski definition) is 2. The molecule has 0 aliphatic heterocycles. The van der Waals surface area contributed by atoms with Crippen molar-refractivity contribution >= 4 is 11.8 Å². The summed E-state index contributed by atoms with van der Waals surface area (Å²) in [5.74, 6) is 0.836. The summed E-state index contributed by atoms with van der Waals surface area (Å²) in [5, 5.41) is 13.1. The maximum absolute atomic E-state index is 9.02. The number of pyridine rings is 1. The predicted octanol–water partition coefficient (Wildman–Crippen LogP) is 1.37. The fraction of sp³-hybridized carbons (Fsp3) is 0.545. The maximum atomic E-state index is 9.02. The average Bonchev–Trinajstić information content (AvgIpc) is 2.18. The first-order valence-corrected chi connectivity index (χ1v) is 6.00. The van der Waals surface area contributed by atoms with Crippen LogP contribution in [0.1, 0.15) is 11.3 Å². The standard InChI is InChI=1S/C11H18N2OS/c1-8-4-9(2)13-11(5-8)15-7-10(6-14)12-3/h4-5,10,12,14H,6-7H2,1-3H3. The van der Waals surface area contributed by atoms with E-state index in [1.807, 2.05) is 14.0 Å². The topological polar surface area (TPSA) is 45.1 Å². The van der Waals surface area contributed by atoms with Gasteiger partial charge in [-0.1, -0.05) is 0 Å². The van der Waals surface area contributed by atoms with Gasteiger partial charge in [0.05, 0.1) is 11.6 Å². The lowest BCUT2D eigenvalue weighted by atomic mass is 10.3. The number of aryl methyl sites for hydroxylation is 2. The van der Waals surface area contributed by atoms with Crippen LogP contribution in [0, 0.1) is 13.8 Å². The number of aliphatic hydroxyl groups excluding tert-OH is 1. The lowest BCUT2D eigenvalue weighted by Crippen LogP contribution is -2.31. The Morgan fingerprint density at radius 3 is 2.73 bits per heavy atom. The Morgan fingerprint density at radius 2 is 2.20 bits per heavy atom. The molecule has 1 rings (SSSR count). The van der Waals surface area contributed by atoms with Gasteiger partial charge < -0.3 is 10.4 Å². The minimum atomic E-state index is 0.137. The minimum absolute atomic E-state index is 0.137. The SMILES string of the molecule is CNC(CO)CSc1cc(C)cc(C)n1. The molecule has 0 fully saturated rings. The Morgan fingerprint density at radius 1 is 1.47 bits per heavy atom. The number of nitrogens with zero attached hydrogens (tertiary/aromatic N) is 1. The van der Waals surface area contributed by atoms with Crippen LogP contribution in [0.5, 0.6) is 0 Å². The van der Waals surface area contributed by atoms with Gasteiger partial charge in [0.25, 0.3) is 0 Å². The zero-order valence-corrected chi connectivity index (χ0v) is 10.3. The van der Waals surface area contributed by atoms with Crippen molar-refractivity contribution in [3.05, 3.63) is 23.4 Å². The van der Waals surface area contributed by atoms with Crippen LogP contribution in [0.15, 0.2) is 17.2 Å². The Bertz CT molecular complexity index is 293. The molecule has 0 amide bonds. The monoisotopic (exact) mass is 226 g/mol. The first-order valence-electron chi connectivity index (χ1n) is 5.02. The van der Waals surface area contributed by atoms with Crippen LogP contribution in [0.2, 0.25) is 0 Å². The average molecular weight is 226 g/mol. The van der Waals surface area contributed by atoms with Crippen molar-refractivity contribution in [1.29, 1.82) is 0 Å². The van der Waals surface area contributed by atoms with Crippen molar-refractivity contribution in [1.82, 2.24) is 10.3 Å². The summed E-state index contributed by atoms with van der Waals surface area (Å²) in [5.41, 5.74) is 2.28. The number of aromatic nitrogens is 1. The van der Waals surface area contributed by atoms with Crippen molar-refractivity contribution in [2.75, 3.05) is 19.4 Å². The van der Waals surface area contributed by atoms with Gasteiger partial charge in [-0.3, -0.25) is 0 Å². The first kappa shape index (κ1) is 12.5. The van der Waals surface area contributed by atoms with Crippen LogP contribution in [0.4, 0.5) is 0 Å². The highest BCUT2D eigenvalue weighted by Crippen LogP contribution is 2.18. The molecule has 3 nitrogen and oxygen atoms in total. The van der Waals surface area contributed by atoms with Crippen molar-refractivity contribution in [3.8, 4) is 0 Å². The molecule has 0 bridgehead atoms. The van der Waals surface area contributed by atoms with Crippen molar-refractivity contribution < 1.29 is 5.11 Å². The van der Waals surface area contributed by atoms with E-state index < -0.39 is 0 Å². The van der Waals surface area contributed by atoms with E-state index in [1.165, 1.54) is 5.56 Å². The molecule has 1 atom stereocenters. The van der Waals surface area contributed by atoms with Crippen LogP contribution in [0.25, 0.3) is 0 Å². The van der Waals surface area contributed by atoms with Gasteiger partial charge in [0.2, 0.25) is 0 Å². The molecule has 15 heavy (non-hydrogen) atoms.